The van der Waals surface area contributed by atoms with Gasteiger partial charge in [0.1, 0.15) is 0 Å². The van der Waals surface area contributed by atoms with Crippen LogP contribution in [-0.2, 0) is 11.8 Å². The lowest BCUT2D eigenvalue weighted by molar-refractivity contribution is 0.664. The highest BCUT2D eigenvalue weighted by Gasteiger charge is 2.23. The molecule has 74 valence electrons. The molecule has 1 aromatic rings. The van der Waals surface area contributed by atoms with Gasteiger partial charge in [-0.1, -0.05) is 39.0 Å². The Balaban J connectivity index is 2.50. The molecule has 1 heteroatoms. The number of hydrogen-bond donors (Lipinski definition) is 1. The summed E-state index contributed by atoms with van der Waals surface area (Å²) in [5, 5.41) is 3.31. The summed E-state index contributed by atoms with van der Waals surface area (Å²) < 4.78 is 0. The minimum absolute atomic E-state index is 0.160. The van der Waals surface area contributed by atoms with Gasteiger partial charge in [0, 0.05) is 11.1 Å². The Morgan fingerprint density at radius 3 is 2.79 bits per heavy atom. The van der Waals surface area contributed by atoms with Crippen LogP contribution in [-0.4, -0.2) is 0 Å². The first-order chi connectivity index (χ1) is 6.63. The van der Waals surface area contributed by atoms with Gasteiger partial charge in [-0.3, -0.25) is 0 Å². The van der Waals surface area contributed by atoms with Crippen molar-refractivity contribution >= 4 is 5.69 Å². The van der Waals surface area contributed by atoms with Gasteiger partial charge in [0.15, 0.2) is 0 Å². The molecule has 0 aliphatic carbocycles. The van der Waals surface area contributed by atoms with Crippen molar-refractivity contribution in [1.29, 1.82) is 0 Å². The lowest BCUT2D eigenvalue weighted by Gasteiger charge is -2.28. The number of rotatable bonds is 1. The Labute approximate surface area is 85.8 Å². The maximum absolute atomic E-state index is 3.31. The Bertz CT molecular complexity index is 375. The van der Waals surface area contributed by atoms with Gasteiger partial charge < -0.3 is 5.32 Å². The van der Waals surface area contributed by atoms with E-state index in [1.54, 1.807) is 0 Å². The summed E-state index contributed by atoms with van der Waals surface area (Å²) in [6.07, 6.45) is 5.35. The number of aryl methyl sites for hydroxylation is 1. The Hall–Kier alpha value is -1.24. The molecule has 0 spiro atoms. The van der Waals surface area contributed by atoms with E-state index in [0.717, 1.165) is 6.42 Å². The lowest BCUT2D eigenvalue weighted by Crippen LogP contribution is -2.19. The molecular weight excluding hydrogens is 170 g/mol. The fraction of sp³-hybridized carbons (Fsp3) is 0.385. The quantitative estimate of drug-likeness (QED) is 0.710. The molecule has 2 rings (SSSR count). The molecule has 1 aliphatic rings. The summed E-state index contributed by atoms with van der Waals surface area (Å²) in [4.78, 5) is 0. The average molecular weight is 187 g/mol. The average Bonchev–Trinajstić information content (AvgIpc) is 2.16. The van der Waals surface area contributed by atoms with Crippen molar-refractivity contribution in [1.82, 2.24) is 0 Å². The molecule has 0 unspecified atom stereocenters. The monoisotopic (exact) mass is 187 g/mol. The SMILES string of the molecule is CCc1ccc2c(c1)NC=CC2(C)C. The van der Waals surface area contributed by atoms with Gasteiger partial charge in [-0.2, -0.15) is 0 Å². The van der Waals surface area contributed by atoms with Crippen molar-refractivity contribution in [2.75, 3.05) is 5.32 Å². The highest BCUT2D eigenvalue weighted by molar-refractivity contribution is 5.61. The summed E-state index contributed by atoms with van der Waals surface area (Å²) in [5.41, 5.74) is 4.20. The van der Waals surface area contributed by atoms with Crippen LogP contribution in [0.1, 0.15) is 31.9 Å². The third kappa shape index (κ3) is 1.43. The summed E-state index contributed by atoms with van der Waals surface area (Å²) >= 11 is 0. The first kappa shape index (κ1) is 9.32. The largest absolute Gasteiger partial charge is 0.362 e. The van der Waals surface area contributed by atoms with Crippen molar-refractivity contribution in [3.05, 3.63) is 41.6 Å². The second-order valence-electron chi connectivity index (χ2n) is 4.43. The molecule has 0 saturated carbocycles. The van der Waals surface area contributed by atoms with Crippen molar-refractivity contribution < 1.29 is 0 Å². The molecule has 1 heterocycles. The van der Waals surface area contributed by atoms with Crippen LogP contribution in [0, 0.1) is 0 Å². The summed E-state index contributed by atoms with van der Waals surface area (Å²) in [5.74, 6) is 0. The molecule has 1 nitrogen and oxygen atoms in total. The fourth-order valence-corrected chi connectivity index (χ4v) is 1.92. The van der Waals surface area contributed by atoms with E-state index in [1.165, 1.54) is 16.8 Å². The molecule has 0 radical (unpaired) electrons. The topological polar surface area (TPSA) is 12.0 Å². The lowest BCUT2D eigenvalue weighted by atomic mass is 9.81. The molecule has 1 aliphatic heterocycles. The van der Waals surface area contributed by atoms with E-state index in [2.05, 4.69) is 50.4 Å². The van der Waals surface area contributed by atoms with Crippen LogP contribution in [0.25, 0.3) is 0 Å². The molecule has 1 aromatic carbocycles. The first-order valence-electron chi connectivity index (χ1n) is 5.21. The predicted octanol–water partition coefficient (Wildman–Crippen LogP) is 3.47. The zero-order valence-corrected chi connectivity index (χ0v) is 9.09. The van der Waals surface area contributed by atoms with Crippen LogP contribution < -0.4 is 5.32 Å². The third-order valence-corrected chi connectivity index (χ3v) is 2.93. The van der Waals surface area contributed by atoms with Crippen LogP contribution >= 0.6 is 0 Å². The third-order valence-electron chi connectivity index (χ3n) is 2.93. The van der Waals surface area contributed by atoms with E-state index in [-0.39, 0.29) is 5.41 Å². The Morgan fingerprint density at radius 2 is 2.07 bits per heavy atom. The fourth-order valence-electron chi connectivity index (χ4n) is 1.92. The van der Waals surface area contributed by atoms with E-state index < -0.39 is 0 Å². The van der Waals surface area contributed by atoms with E-state index in [4.69, 9.17) is 0 Å². The van der Waals surface area contributed by atoms with Crippen LogP contribution in [0.5, 0.6) is 0 Å². The van der Waals surface area contributed by atoms with Gasteiger partial charge >= 0.3 is 0 Å². The number of nitrogens with one attached hydrogen (secondary N) is 1. The summed E-state index contributed by atoms with van der Waals surface area (Å²) in [7, 11) is 0. The number of hydrogen-bond acceptors (Lipinski definition) is 1. The maximum atomic E-state index is 3.31. The summed E-state index contributed by atoms with van der Waals surface area (Å²) in [6.45, 7) is 6.68. The molecular formula is C13H17N. The van der Waals surface area contributed by atoms with Gasteiger partial charge in [-0.15, -0.1) is 0 Å². The van der Waals surface area contributed by atoms with E-state index in [0.29, 0.717) is 0 Å². The molecule has 14 heavy (non-hydrogen) atoms. The predicted molar refractivity (Wildman–Crippen MR) is 61.6 cm³/mol. The minimum atomic E-state index is 0.160. The van der Waals surface area contributed by atoms with E-state index in [1.807, 2.05) is 6.20 Å². The number of allylic oxidation sites excluding steroid dienone is 1. The second-order valence-corrected chi connectivity index (χ2v) is 4.43. The van der Waals surface area contributed by atoms with Crippen LogP contribution in [0.15, 0.2) is 30.5 Å². The van der Waals surface area contributed by atoms with Crippen LogP contribution in [0.2, 0.25) is 0 Å². The van der Waals surface area contributed by atoms with E-state index in [9.17, 15) is 0 Å². The van der Waals surface area contributed by atoms with Crippen molar-refractivity contribution in [2.45, 2.75) is 32.6 Å². The summed E-state index contributed by atoms with van der Waals surface area (Å²) in [6, 6.07) is 6.71. The van der Waals surface area contributed by atoms with Gasteiger partial charge in [0.25, 0.3) is 0 Å². The van der Waals surface area contributed by atoms with Crippen molar-refractivity contribution in [2.24, 2.45) is 0 Å². The molecule has 0 amide bonds. The zero-order valence-electron chi connectivity index (χ0n) is 9.09. The van der Waals surface area contributed by atoms with E-state index >= 15 is 0 Å². The highest BCUT2D eigenvalue weighted by atomic mass is 14.9. The molecule has 0 bridgehead atoms. The number of anilines is 1. The molecule has 0 fully saturated rings. The van der Waals surface area contributed by atoms with Crippen LogP contribution in [0.3, 0.4) is 0 Å². The van der Waals surface area contributed by atoms with Gasteiger partial charge in [0.05, 0.1) is 0 Å². The molecule has 0 aromatic heterocycles. The zero-order chi connectivity index (χ0) is 10.2. The van der Waals surface area contributed by atoms with Crippen molar-refractivity contribution in [3.8, 4) is 0 Å². The maximum Gasteiger partial charge on any atom is 0.0423 e. The molecule has 0 saturated heterocycles. The number of benzene rings is 1. The number of fused-ring (bicyclic) bond motifs is 1. The normalized spacial score (nSPS) is 17.4. The smallest absolute Gasteiger partial charge is 0.0423 e. The first-order valence-corrected chi connectivity index (χ1v) is 5.21. The molecule has 1 N–H and O–H groups in total. The van der Waals surface area contributed by atoms with Crippen molar-refractivity contribution in [3.63, 3.8) is 0 Å². The van der Waals surface area contributed by atoms with Gasteiger partial charge in [-0.05, 0) is 29.8 Å². The highest BCUT2D eigenvalue weighted by Crippen LogP contribution is 2.34. The Kier molecular flexibility index (Phi) is 2.10. The standard InChI is InChI=1S/C13H17N/c1-4-10-5-6-11-12(9-10)14-8-7-13(11,2)3/h5-9,14H,4H2,1-3H3. The Morgan fingerprint density at radius 1 is 1.29 bits per heavy atom. The van der Waals surface area contributed by atoms with Gasteiger partial charge in [0.2, 0.25) is 0 Å². The second kappa shape index (κ2) is 3.16. The van der Waals surface area contributed by atoms with Crippen LogP contribution in [0.4, 0.5) is 5.69 Å². The minimum Gasteiger partial charge on any atom is -0.362 e. The molecule has 0 atom stereocenters. The van der Waals surface area contributed by atoms with Gasteiger partial charge in [-0.25, -0.2) is 0 Å².